The summed E-state index contributed by atoms with van der Waals surface area (Å²) < 4.78 is 1.54. The topological polar surface area (TPSA) is 76.0 Å². The van der Waals surface area contributed by atoms with Crippen molar-refractivity contribution >= 4 is 17.5 Å². The predicted molar refractivity (Wildman–Crippen MR) is 96.4 cm³/mol. The number of nitrogens with one attached hydrogen (secondary N) is 2. The fourth-order valence-corrected chi connectivity index (χ4v) is 3.10. The molecule has 1 aliphatic rings. The van der Waals surface area contributed by atoms with Crippen LogP contribution in [-0.4, -0.2) is 27.6 Å². The molecular weight excluding hydrogens is 316 g/mol. The molecule has 0 aliphatic heterocycles. The third kappa shape index (κ3) is 4.68. The second-order valence-electron chi connectivity index (χ2n) is 6.48. The van der Waals surface area contributed by atoms with Crippen molar-refractivity contribution in [1.29, 1.82) is 0 Å². The maximum atomic E-state index is 12.2. The highest BCUT2D eigenvalue weighted by Gasteiger charge is 2.17. The molecule has 3 rings (SSSR count). The van der Waals surface area contributed by atoms with E-state index in [1.165, 1.54) is 18.4 Å². The van der Waals surface area contributed by atoms with Crippen LogP contribution in [0.4, 0.5) is 5.69 Å². The lowest BCUT2D eigenvalue weighted by Gasteiger charge is -2.11. The van der Waals surface area contributed by atoms with Crippen molar-refractivity contribution in [1.82, 2.24) is 15.1 Å². The molecule has 1 heterocycles. The van der Waals surface area contributed by atoms with Gasteiger partial charge in [-0.25, -0.2) is 0 Å². The summed E-state index contributed by atoms with van der Waals surface area (Å²) >= 11 is 0. The highest BCUT2D eigenvalue weighted by Crippen LogP contribution is 2.17. The monoisotopic (exact) mass is 340 g/mol. The molecule has 2 amide bonds. The molecule has 0 radical (unpaired) electrons. The van der Waals surface area contributed by atoms with E-state index in [4.69, 9.17) is 0 Å². The largest absolute Gasteiger partial charge is 0.352 e. The van der Waals surface area contributed by atoms with Crippen molar-refractivity contribution in [3.05, 3.63) is 47.8 Å². The van der Waals surface area contributed by atoms with Crippen LogP contribution < -0.4 is 10.6 Å². The third-order valence-electron chi connectivity index (χ3n) is 4.54. The normalized spacial score (nSPS) is 14.4. The minimum atomic E-state index is -0.183. The Morgan fingerprint density at radius 1 is 1.20 bits per heavy atom. The Morgan fingerprint density at radius 2 is 1.92 bits per heavy atom. The second kappa shape index (κ2) is 7.96. The zero-order valence-corrected chi connectivity index (χ0v) is 14.5. The van der Waals surface area contributed by atoms with Crippen LogP contribution in [0.1, 0.15) is 48.5 Å². The molecule has 1 aliphatic carbocycles. The van der Waals surface area contributed by atoms with E-state index in [0.29, 0.717) is 17.3 Å². The summed E-state index contributed by atoms with van der Waals surface area (Å²) in [6, 6.07) is 7.83. The maximum absolute atomic E-state index is 12.2. The molecule has 0 unspecified atom stereocenters. The standard InChI is InChI=1S/C19H24N4O2/c1-2-14-7-9-15(10-8-14)19(25)22-17-11-20-23(12-17)13-18(24)21-16-5-3-4-6-16/h7-12,16H,2-6,13H2,1H3,(H,21,24)(H,22,25). The van der Waals surface area contributed by atoms with Crippen LogP contribution in [0, 0.1) is 0 Å². The van der Waals surface area contributed by atoms with Gasteiger partial charge < -0.3 is 10.6 Å². The number of hydrogen-bond acceptors (Lipinski definition) is 3. The fraction of sp³-hybridized carbons (Fsp3) is 0.421. The summed E-state index contributed by atoms with van der Waals surface area (Å²) in [4.78, 5) is 24.3. The van der Waals surface area contributed by atoms with Crippen LogP contribution in [0.5, 0.6) is 0 Å². The molecule has 132 valence electrons. The molecule has 2 N–H and O–H groups in total. The summed E-state index contributed by atoms with van der Waals surface area (Å²) in [6.07, 6.45) is 8.65. The van der Waals surface area contributed by atoms with Crippen LogP contribution in [0.15, 0.2) is 36.7 Å². The smallest absolute Gasteiger partial charge is 0.255 e. The van der Waals surface area contributed by atoms with Crippen molar-refractivity contribution in [3.63, 3.8) is 0 Å². The van der Waals surface area contributed by atoms with Crippen LogP contribution >= 0.6 is 0 Å². The Morgan fingerprint density at radius 3 is 2.60 bits per heavy atom. The van der Waals surface area contributed by atoms with E-state index in [-0.39, 0.29) is 18.4 Å². The summed E-state index contributed by atoms with van der Waals surface area (Å²) in [5.74, 6) is -0.222. The highest BCUT2D eigenvalue weighted by atomic mass is 16.2. The van der Waals surface area contributed by atoms with Crippen molar-refractivity contribution in [3.8, 4) is 0 Å². The molecular formula is C19H24N4O2. The van der Waals surface area contributed by atoms with Crippen molar-refractivity contribution in [2.45, 2.75) is 51.6 Å². The number of aryl methyl sites for hydroxylation is 1. The molecule has 6 nitrogen and oxygen atoms in total. The number of carbonyl (C=O) groups excluding carboxylic acids is 2. The minimum absolute atomic E-state index is 0.0389. The van der Waals surface area contributed by atoms with Gasteiger partial charge in [-0.1, -0.05) is 31.9 Å². The Balaban J connectivity index is 1.53. The Kier molecular flexibility index (Phi) is 5.48. The predicted octanol–water partition coefficient (Wildman–Crippen LogP) is 2.76. The number of carbonyl (C=O) groups is 2. The van der Waals surface area contributed by atoms with E-state index in [9.17, 15) is 9.59 Å². The van der Waals surface area contributed by atoms with Gasteiger partial charge >= 0.3 is 0 Å². The maximum Gasteiger partial charge on any atom is 0.255 e. The second-order valence-corrected chi connectivity index (χ2v) is 6.48. The van der Waals surface area contributed by atoms with Gasteiger partial charge in [0.2, 0.25) is 5.91 Å². The Hall–Kier alpha value is -2.63. The lowest BCUT2D eigenvalue weighted by molar-refractivity contribution is -0.122. The van der Waals surface area contributed by atoms with E-state index >= 15 is 0 Å². The molecule has 1 aromatic heterocycles. The zero-order valence-electron chi connectivity index (χ0n) is 14.5. The summed E-state index contributed by atoms with van der Waals surface area (Å²) in [7, 11) is 0. The molecule has 25 heavy (non-hydrogen) atoms. The van der Waals surface area contributed by atoms with Crippen LogP contribution in [0.2, 0.25) is 0 Å². The van der Waals surface area contributed by atoms with Crippen LogP contribution in [0.3, 0.4) is 0 Å². The van der Waals surface area contributed by atoms with Crippen molar-refractivity contribution in [2.24, 2.45) is 0 Å². The van der Waals surface area contributed by atoms with Gasteiger partial charge in [0.1, 0.15) is 6.54 Å². The summed E-state index contributed by atoms with van der Waals surface area (Å²) in [5.41, 5.74) is 2.37. The van der Waals surface area contributed by atoms with Gasteiger partial charge in [0, 0.05) is 17.8 Å². The molecule has 0 atom stereocenters. The minimum Gasteiger partial charge on any atom is -0.352 e. The fourth-order valence-electron chi connectivity index (χ4n) is 3.10. The third-order valence-corrected chi connectivity index (χ3v) is 4.54. The van der Waals surface area contributed by atoms with Crippen molar-refractivity contribution < 1.29 is 9.59 Å². The molecule has 0 bridgehead atoms. The van der Waals surface area contributed by atoms with Gasteiger partial charge in [0.25, 0.3) is 5.91 Å². The van der Waals surface area contributed by atoms with Gasteiger partial charge in [0.05, 0.1) is 11.9 Å². The van der Waals surface area contributed by atoms with Gasteiger partial charge in [0.15, 0.2) is 0 Å². The van der Waals surface area contributed by atoms with Crippen LogP contribution in [-0.2, 0) is 17.8 Å². The number of aromatic nitrogens is 2. The molecule has 2 aromatic rings. The number of nitrogens with zero attached hydrogens (tertiary/aromatic N) is 2. The van der Waals surface area contributed by atoms with Gasteiger partial charge in [-0.3, -0.25) is 14.3 Å². The lowest BCUT2D eigenvalue weighted by atomic mass is 10.1. The van der Waals surface area contributed by atoms with E-state index in [1.54, 1.807) is 17.1 Å². The quantitative estimate of drug-likeness (QED) is 0.849. The highest BCUT2D eigenvalue weighted by molar-refractivity contribution is 6.04. The molecule has 1 fully saturated rings. The SMILES string of the molecule is CCc1ccc(C(=O)Nc2cnn(CC(=O)NC3CCCC3)c2)cc1. The number of anilines is 1. The molecule has 6 heteroatoms. The van der Waals surface area contributed by atoms with E-state index in [0.717, 1.165) is 19.3 Å². The first-order chi connectivity index (χ1) is 12.1. The molecule has 1 aromatic carbocycles. The number of hydrogen-bond donors (Lipinski definition) is 2. The first-order valence-corrected chi connectivity index (χ1v) is 8.86. The van der Waals surface area contributed by atoms with Gasteiger partial charge in [-0.15, -0.1) is 0 Å². The van der Waals surface area contributed by atoms with E-state index in [2.05, 4.69) is 22.7 Å². The summed E-state index contributed by atoms with van der Waals surface area (Å²) in [6.45, 7) is 2.24. The van der Waals surface area contributed by atoms with Gasteiger partial charge in [-0.05, 0) is 37.0 Å². The molecule has 0 saturated heterocycles. The molecule has 1 saturated carbocycles. The Labute approximate surface area is 147 Å². The van der Waals surface area contributed by atoms with Crippen molar-refractivity contribution in [2.75, 3.05) is 5.32 Å². The van der Waals surface area contributed by atoms with Crippen LogP contribution in [0.25, 0.3) is 0 Å². The first kappa shape index (κ1) is 17.2. The number of rotatable bonds is 6. The summed E-state index contributed by atoms with van der Waals surface area (Å²) in [5, 5.41) is 9.98. The number of amides is 2. The average molecular weight is 340 g/mol. The molecule has 0 spiro atoms. The Bertz CT molecular complexity index is 730. The first-order valence-electron chi connectivity index (χ1n) is 8.86. The van der Waals surface area contributed by atoms with E-state index < -0.39 is 0 Å². The van der Waals surface area contributed by atoms with E-state index in [1.807, 2.05) is 24.3 Å². The average Bonchev–Trinajstić information content (AvgIpc) is 3.27. The zero-order chi connectivity index (χ0) is 17.6. The lowest BCUT2D eigenvalue weighted by Crippen LogP contribution is -2.35. The number of benzene rings is 1. The van der Waals surface area contributed by atoms with Gasteiger partial charge in [-0.2, -0.15) is 5.10 Å².